The van der Waals surface area contributed by atoms with E-state index in [9.17, 15) is 9.59 Å². The number of hydrogen-bond donors (Lipinski definition) is 2. The van der Waals surface area contributed by atoms with E-state index in [0.717, 1.165) is 35.0 Å². The lowest BCUT2D eigenvalue weighted by Gasteiger charge is -2.07. The third kappa shape index (κ3) is 4.39. The highest BCUT2D eigenvalue weighted by Gasteiger charge is 2.20. The highest BCUT2D eigenvalue weighted by Crippen LogP contribution is 2.27. The summed E-state index contributed by atoms with van der Waals surface area (Å²) in [4.78, 5) is 29.3. The Bertz CT molecular complexity index is 1240. The highest BCUT2D eigenvalue weighted by atomic mass is 35.5. The van der Waals surface area contributed by atoms with Crippen LogP contribution in [-0.2, 0) is 13.0 Å². The van der Waals surface area contributed by atoms with Crippen molar-refractivity contribution in [3.8, 4) is 0 Å². The molecule has 0 spiro atoms. The van der Waals surface area contributed by atoms with E-state index in [1.807, 2.05) is 54.6 Å². The van der Waals surface area contributed by atoms with E-state index in [-0.39, 0.29) is 11.7 Å². The summed E-state index contributed by atoms with van der Waals surface area (Å²) in [7, 11) is 0. The first-order valence-electron chi connectivity index (χ1n) is 10.3. The SMILES string of the molecule is CCCc1[nH]c2cc(C(=O)NCc3ccccc3Cl)ccc2c1C(=O)c1ccccc1. The Kier molecular flexibility index (Phi) is 6.19. The summed E-state index contributed by atoms with van der Waals surface area (Å²) in [5.74, 6) is -0.199. The Morgan fingerprint density at radius 2 is 1.68 bits per heavy atom. The molecule has 0 bridgehead atoms. The first kappa shape index (κ1) is 20.9. The molecule has 0 unspecified atom stereocenters. The van der Waals surface area contributed by atoms with Gasteiger partial charge in [0.1, 0.15) is 0 Å². The predicted molar refractivity (Wildman–Crippen MR) is 125 cm³/mol. The summed E-state index contributed by atoms with van der Waals surface area (Å²) in [6, 6.07) is 22.1. The topological polar surface area (TPSA) is 62.0 Å². The normalized spacial score (nSPS) is 10.9. The molecular weight excluding hydrogens is 408 g/mol. The molecule has 0 saturated heterocycles. The predicted octanol–water partition coefficient (Wildman–Crippen LogP) is 5.93. The molecule has 4 rings (SSSR count). The van der Waals surface area contributed by atoms with Crippen molar-refractivity contribution in [1.82, 2.24) is 10.3 Å². The van der Waals surface area contributed by atoms with Crippen LogP contribution in [0.25, 0.3) is 10.9 Å². The number of aromatic amines is 1. The number of fused-ring (bicyclic) bond motifs is 1. The number of aromatic nitrogens is 1. The molecule has 31 heavy (non-hydrogen) atoms. The summed E-state index contributed by atoms with van der Waals surface area (Å²) < 4.78 is 0. The lowest BCUT2D eigenvalue weighted by molar-refractivity contribution is 0.0950. The molecule has 0 aliphatic heterocycles. The fourth-order valence-electron chi connectivity index (χ4n) is 3.74. The number of rotatable bonds is 7. The van der Waals surface area contributed by atoms with Gasteiger partial charge in [0.05, 0.1) is 5.56 Å². The van der Waals surface area contributed by atoms with Gasteiger partial charge < -0.3 is 10.3 Å². The van der Waals surface area contributed by atoms with Crippen LogP contribution in [0, 0.1) is 0 Å². The third-order valence-electron chi connectivity index (χ3n) is 5.30. The molecule has 2 N–H and O–H groups in total. The van der Waals surface area contributed by atoms with Gasteiger partial charge in [-0.1, -0.05) is 79.5 Å². The molecule has 1 amide bonds. The maximum atomic E-state index is 13.2. The summed E-state index contributed by atoms with van der Waals surface area (Å²) in [5.41, 5.74) is 4.42. The zero-order valence-corrected chi connectivity index (χ0v) is 18.0. The fraction of sp³-hybridized carbons (Fsp3) is 0.154. The van der Waals surface area contributed by atoms with Crippen molar-refractivity contribution in [1.29, 1.82) is 0 Å². The fourth-order valence-corrected chi connectivity index (χ4v) is 3.95. The molecule has 0 aliphatic carbocycles. The Morgan fingerprint density at radius 1 is 0.935 bits per heavy atom. The van der Waals surface area contributed by atoms with Gasteiger partial charge in [0.2, 0.25) is 0 Å². The molecule has 0 atom stereocenters. The number of H-pyrrole nitrogens is 1. The minimum Gasteiger partial charge on any atom is -0.358 e. The van der Waals surface area contributed by atoms with Crippen molar-refractivity contribution in [2.75, 3.05) is 0 Å². The smallest absolute Gasteiger partial charge is 0.251 e. The van der Waals surface area contributed by atoms with Crippen molar-refractivity contribution in [3.05, 3.63) is 106 Å². The largest absolute Gasteiger partial charge is 0.358 e. The van der Waals surface area contributed by atoms with E-state index < -0.39 is 0 Å². The van der Waals surface area contributed by atoms with Crippen LogP contribution in [0.15, 0.2) is 72.8 Å². The zero-order valence-electron chi connectivity index (χ0n) is 17.2. The number of nitrogens with one attached hydrogen (secondary N) is 2. The van der Waals surface area contributed by atoms with Crippen molar-refractivity contribution in [2.24, 2.45) is 0 Å². The van der Waals surface area contributed by atoms with Gasteiger partial charge in [0.25, 0.3) is 5.91 Å². The second kappa shape index (κ2) is 9.19. The van der Waals surface area contributed by atoms with Crippen molar-refractivity contribution >= 4 is 34.2 Å². The lowest BCUT2D eigenvalue weighted by Crippen LogP contribution is -2.22. The molecule has 5 heteroatoms. The molecule has 0 aliphatic rings. The number of hydrogen-bond acceptors (Lipinski definition) is 2. The summed E-state index contributed by atoms with van der Waals surface area (Å²) >= 11 is 6.17. The van der Waals surface area contributed by atoms with E-state index >= 15 is 0 Å². The van der Waals surface area contributed by atoms with Crippen LogP contribution in [0.4, 0.5) is 0 Å². The standard InChI is InChI=1S/C26H23ClN2O2/c1-2-8-22-24(25(30)17-9-4-3-5-10-17)20-14-13-18(15-23(20)29-22)26(31)28-16-19-11-6-7-12-21(19)27/h3-7,9-15,29H,2,8,16H2,1H3,(H,28,31). The number of benzene rings is 3. The number of ketones is 1. The molecular formula is C26H23ClN2O2. The molecule has 0 fully saturated rings. The van der Waals surface area contributed by atoms with Crippen molar-refractivity contribution in [2.45, 2.75) is 26.3 Å². The maximum Gasteiger partial charge on any atom is 0.251 e. The van der Waals surface area contributed by atoms with Crippen LogP contribution in [0.5, 0.6) is 0 Å². The van der Waals surface area contributed by atoms with E-state index in [1.54, 1.807) is 18.2 Å². The number of amides is 1. The second-order valence-electron chi connectivity index (χ2n) is 7.46. The minimum atomic E-state index is -0.190. The van der Waals surface area contributed by atoms with Crippen LogP contribution in [-0.4, -0.2) is 16.7 Å². The maximum absolute atomic E-state index is 13.2. The average Bonchev–Trinajstić information content (AvgIpc) is 3.15. The van der Waals surface area contributed by atoms with Crippen LogP contribution in [0.1, 0.15) is 50.9 Å². The zero-order chi connectivity index (χ0) is 21.8. The van der Waals surface area contributed by atoms with Gasteiger partial charge in [0, 0.05) is 39.3 Å². The van der Waals surface area contributed by atoms with Gasteiger partial charge in [-0.25, -0.2) is 0 Å². The molecule has 4 aromatic rings. The Hall–Kier alpha value is -3.37. The molecule has 1 aromatic heterocycles. The minimum absolute atomic E-state index is 0.00813. The Morgan fingerprint density at radius 3 is 2.42 bits per heavy atom. The summed E-state index contributed by atoms with van der Waals surface area (Å²) in [5, 5.41) is 4.37. The van der Waals surface area contributed by atoms with Gasteiger partial charge in [-0.15, -0.1) is 0 Å². The molecule has 3 aromatic carbocycles. The Balaban J connectivity index is 1.64. The van der Waals surface area contributed by atoms with Crippen LogP contribution in [0.3, 0.4) is 0 Å². The van der Waals surface area contributed by atoms with Gasteiger partial charge >= 0.3 is 0 Å². The van der Waals surface area contributed by atoms with Gasteiger partial charge in [0.15, 0.2) is 5.78 Å². The lowest BCUT2D eigenvalue weighted by atomic mass is 9.98. The van der Waals surface area contributed by atoms with Crippen molar-refractivity contribution in [3.63, 3.8) is 0 Å². The summed E-state index contributed by atoms with van der Waals surface area (Å²) in [6.45, 7) is 2.43. The van der Waals surface area contributed by atoms with Crippen molar-refractivity contribution < 1.29 is 9.59 Å². The van der Waals surface area contributed by atoms with Crippen LogP contribution < -0.4 is 5.32 Å². The molecule has 1 heterocycles. The van der Waals surface area contributed by atoms with E-state index in [1.165, 1.54) is 0 Å². The summed E-state index contributed by atoms with van der Waals surface area (Å²) in [6.07, 6.45) is 1.67. The molecule has 0 saturated carbocycles. The van der Waals surface area contributed by atoms with Crippen LogP contribution in [0.2, 0.25) is 5.02 Å². The highest BCUT2D eigenvalue weighted by molar-refractivity contribution is 6.31. The molecule has 4 nitrogen and oxygen atoms in total. The Labute approximate surface area is 186 Å². The van der Waals surface area contributed by atoms with Gasteiger partial charge in [-0.05, 0) is 30.2 Å². The van der Waals surface area contributed by atoms with E-state index in [0.29, 0.717) is 28.3 Å². The first-order valence-corrected chi connectivity index (χ1v) is 10.7. The van der Waals surface area contributed by atoms with Gasteiger partial charge in [-0.2, -0.15) is 0 Å². The van der Waals surface area contributed by atoms with Gasteiger partial charge in [-0.3, -0.25) is 9.59 Å². The monoisotopic (exact) mass is 430 g/mol. The first-order chi connectivity index (χ1) is 15.1. The molecule has 156 valence electrons. The molecule has 0 radical (unpaired) electrons. The number of halogens is 1. The van der Waals surface area contributed by atoms with Crippen LogP contribution >= 0.6 is 11.6 Å². The third-order valence-corrected chi connectivity index (χ3v) is 5.67. The number of carbonyl (C=O) groups is 2. The second-order valence-corrected chi connectivity index (χ2v) is 7.87. The quantitative estimate of drug-likeness (QED) is 0.357. The number of aryl methyl sites for hydroxylation is 1. The van der Waals surface area contributed by atoms with E-state index in [4.69, 9.17) is 11.6 Å². The number of carbonyl (C=O) groups excluding carboxylic acids is 2. The van der Waals surface area contributed by atoms with E-state index in [2.05, 4.69) is 17.2 Å². The average molecular weight is 431 g/mol.